The van der Waals surface area contributed by atoms with Gasteiger partial charge in [-0.3, -0.25) is 4.79 Å². The molecule has 1 amide bonds. The molecule has 0 aliphatic carbocycles. The van der Waals surface area contributed by atoms with Crippen LogP contribution in [0.1, 0.15) is 0 Å². The monoisotopic (exact) mass is 316 g/mol. The molecule has 0 radical (unpaired) electrons. The van der Waals surface area contributed by atoms with Crippen molar-refractivity contribution < 1.29 is 13.9 Å². The number of nitrogens with two attached hydrogens (primary N) is 1. The molecule has 0 unspecified atom stereocenters. The van der Waals surface area contributed by atoms with Crippen LogP contribution in [0.25, 0.3) is 0 Å². The fraction of sp³-hybridized carbons (Fsp3) is 0.125. The van der Waals surface area contributed by atoms with Crippen molar-refractivity contribution in [2.75, 3.05) is 24.3 Å². The number of rotatable bonds is 5. The Morgan fingerprint density at radius 2 is 2.00 bits per heavy atom. The number of carbonyl (C=O) groups is 1. The van der Waals surface area contributed by atoms with Crippen LogP contribution in [0.3, 0.4) is 0 Å². The number of ether oxygens (including phenoxy) is 1. The highest BCUT2D eigenvalue weighted by Gasteiger charge is 2.05. The third-order valence-corrected chi connectivity index (χ3v) is 2.87. The van der Waals surface area contributed by atoms with Gasteiger partial charge in [0.15, 0.2) is 5.96 Å². The minimum Gasteiger partial charge on any atom is -0.495 e. The number of aliphatic imine (C=N–C) groups is 1. The van der Waals surface area contributed by atoms with Crippen molar-refractivity contribution in [2.45, 2.75) is 0 Å². The fourth-order valence-corrected chi connectivity index (χ4v) is 1.85. The molecule has 0 atom stereocenters. The average molecular weight is 316 g/mol. The van der Waals surface area contributed by atoms with E-state index in [1.807, 2.05) is 12.1 Å². The lowest BCUT2D eigenvalue weighted by Gasteiger charge is -2.10. The highest BCUT2D eigenvalue weighted by Crippen LogP contribution is 2.22. The first-order valence-corrected chi connectivity index (χ1v) is 6.84. The van der Waals surface area contributed by atoms with Gasteiger partial charge in [-0.05, 0) is 30.3 Å². The van der Waals surface area contributed by atoms with Gasteiger partial charge in [0.25, 0.3) is 0 Å². The van der Waals surface area contributed by atoms with Gasteiger partial charge in [-0.1, -0.05) is 18.2 Å². The molecule has 4 N–H and O–H groups in total. The van der Waals surface area contributed by atoms with Crippen molar-refractivity contribution >= 4 is 23.2 Å². The minimum atomic E-state index is -0.427. The van der Waals surface area contributed by atoms with E-state index in [0.29, 0.717) is 17.1 Å². The number of para-hydroxylation sites is 2. The zero-order valence-electron chi connectivity index (χ0n) is 12.5. The second-order valence-electron chi connectivity index (χ2n) is 4.59. The average Bonchev–Trinajstić information content (AvgIpc) is 2.53. The maximum absolute atomic E-state index is 13.0. The summed E-state index contributed by atoms with van der Waals surface area (Å²) in [5.41, 5.74) is 6.74. The summed E-state index contributed by atoms with van der Waals surface area (Å²) >= 11 is 0. The first-order valence-electron chi connectivity index (χ1n) is 6.84. The van der Waals surface area contributed by atoms with Gasteiger partial charge < -0.3 is 21.1 Å². The lowest BCUT2D eigenvalue weighted by atomic mass is 10.3. The summed E-state index contributed by atoms with van der Waals surface area (Å²) in [6.45, 7) is -0.190. The standard InChI is InChI=1S/C16H17FN4O2/c1-23-14-8-3-2-7-13(14)21-16(18)19-10-15(22)20-12-6-4-5-11(17)9-12/h2-9H,10H2,1H3,(H,20,22)(H3,18,19,21). The number of hydrogen-bond acceptors (Lipinski definition) is 3. The van der Waals surface area contributed by atoms with Crippen LogP contribution in [0.4, 0.5) is 15.8 Å². The van der Waals surface area contributed by atoms with Crippen LogP contribution in [-0.4, -0.2) is 25.5 Å². The summed E-state index contributed by atoms with van der Waals surface area (Å²) in [7, 11) is 1.54. The van der Waals surface area contributed by atoms with Crippen LogP contribution in [0.2, 0.25) is 0 Å². The van der Waals surface area contributed by atoms with Crippen LogP contribution in [0.5, 0.6) is 5.75 Å². The Morgan fingerprint density at radius 3 is 2.74 bits per heavy atom. The van der Waals surface area contributed by atoms with Gasteiger partial charge in [-0.25, -0.2) is 9.38 Å². The molecule has 0 saturated heterocycles. The predicted molar refractivity (Wildman–Crippen MR) is 88.1 cm³/mol. The van der Waals surface area contributed by atoms with Crippen LogP contribution < -0.4 is 21.1 Å². The molecule has 2 rings (SSSR count). The number of amides is 1. The van der Waals surface area contributed by atoms with Crippen molar-refractivity contribution in [3.63, 3.8) is 0 Å². The van der Waals surface area contributed by atoms with Gasteiger partial charge in [0.2, 0.25) is 5.91 Å². The summed E-state index contributed by atoms with van der Waals surface area (Å²) in [6, 6.07) is 12.8. The third kappa shape index (κ3) is 4.99. The maximum Gasteiger partial charge on any atom is 0.246 e. The molecule has 120 valence electrons. The first kappa shape index (κ1) is 16.3. The molecule has 6 nitrogen and oxygen atoms in total. The molecular formula is C16H17FN4O2. The number of hydrogen-bond donors (Lipinski definition) is 3. The van der Waals surface area contributed by atoms with E-state index in [-0.39, 0.29) is 12.5 Å². The molecule has 0 spiro atoms. The Bertz CT molecular complexity index is 719. The van der Waals surface area contributed by atoms with E-state index in [9.17, 15) is 9.18 Å². The number of nitrogens with zero attached hydrogens (tertiary/aromatic N) is 1. The van der Waals surface area contributed by atoms with Crippen LogP contribution in [0, 0.1) is 5.82 Å². The lowest BCUT2D eigenvalue weighted by Crippen LogP contribution is -2.25. The lowest BCUT2D eigenvalue weighted by molar-refractivity contribution is -0.114. The fourth-order valence-electron chi connectivity index (χ4n) is 1.85. The molecule has 0 fully saturated rings. The SMILES string of the molecule is COc1ccccc1NC(N)=NCC(=O)Nc1cccc(F)c1. The Kier molecular flexibility index (Phi) is 5.51. The number of methoxy groups -OCH3 is 1. The summed E-state index contributed by atoms with van der Waals surface area (Å²) in [5.74, 6) is -0.150. The Labute approximate surface area is 133 Å². The van der Waals surface area contributed by atoms with Crippen LogP contribution in [0.15, 0.2) is 53.5 Å². The number of benzene rings is 2. The van der Waals surface area contributed by atoms with Crippen molar-refractivity contribution in [1.29, 1.82) is 0 Å². The Hall–Kier alpha value is -3.09. The van der Waals surface area contributed by atoms with Gasteiger partial charge in [0.1, 0.15) is 18.1 Å². The minimum absolute atomic E-state index is 0.0730. The second kappa shape index (κ2) is 7.79. The topological polar surface area (TPSA) is 88.7 Å². The summed E-state index contributed by atoms with van der Waals surface area (Å²) in [4.78, 5) is 15.7. The van der Waals surface area contributed by atoms with Gasteiger partial charge in [-0.2, -0.15) is 0 Å². The number of guanidine groups is 1. The van der Waals surface area contributed by atoms with Gasteiger partial charge in [-0.15, -0.1) is 0 Å². The summed E-state index contributed by atoms with van der Waals surface area (Å²) in [6.07, 6.45) is 0. The van der Waals surface area contributed by atoms with Gasteiger partial charge in [0, 0.05) is 5.69 Å². The van der Waals surface area contributed by atoms with Crippen molar-refractivity contribution in [1.82, 2.24) is 0 Å². The first-order chi connectivity index (χ1) is 11.1. The van der Waals surface area contributed by atoms with E-state index in [4.69, 9.17) is 10.5 Å². The molecule has 0 aliphatic heterocycles. The molecule has 0 aliphatic rings. The van der Waals surface area contributed by atoms with Gasteiger partial charge in [0.05, 0.1) is 12.8 Å². The van der Waals surface area contributed by atoms with E-state index in [0.717, 1.165) is 0 Å². The predicted octanol–water partition coefficient (Wildman–Crippen LogP) is 2.20. The van der Waals surface area contributed by atoms with Crippen molar-refractivity contribution in [2.24, 2.45) is 10.7 Å². The normalized spacial score (nSPS) is 11.0. The molecule has 0 bridgehead atoms. The largest absolute Gasteiger partial charge is 0.495 e. The summed E-state index contributed by atoms with van der Waals surface area (Å²) in [5, 5.41) is 5.38. The van der Waals surface area contributed by atoms with Gasteiger partial charge >= 0.3 is 0 Å². The van der Waals surface area contributed by atoms with E-state index in [1.54, 1.807) is 25.3 Å². The number of halogens is 1. The molecular weight excluding hydrogens is 299 g/mol. The Morgan fingerprint density at radius 1 is 1.22 bits per heavy atom. The van der Waals surface area contributed by atoms with E-state index in [1.165, 1.54) is 18.2 Å². The number of anilines is 2. The molecule has 0 aromatic heterocycles. The molecule has 0 saturated carbocycles. The zero-order valence-corrected chi connectivity index (χ0v) is 12.5. The zero-order chi connectivity index (χ0) is 16.7. The van der Waals surface area contributed by atoms with E-state index >= 15 is 0 Å². The second-order valence-corrected chi connectivity index (χ2v) is 4.59. The molecule has 7 heteroatoms. The highest BCUT2D eigenvalue weighted by molar-refractivity contribution is 5.97. The smallest absolute Gasteiger partial charge is 0.246 e. The third-order valence-electron chi connectivity index (χ3n) is 2.87. The number of carbonyl (C=O) groups excluding carboxylic acids is 1. The molecule has 23 heavy (non-hydrogen) atoms. The quantitative estimate of drug-likeness (QED) is 0.583. The molecule has 2 aromatic rings. The summed E-state index contributed by atoms with van der Waals surface area (Å²) < 4.78 is 18.2. The molecule has 2 aromatic carbocycles. The Balaban J connectivity index is 1.92. The van der Waals surface area contributed by atoms with Crippen molar-refractivity contribution in [3.05, 3.63) is 54.3 Å². The van der Waals surface area contributed by atoms with Crippen LogP contribution in [-0.2, 0) is 4.79 Å². The molecule has 0 heterocycles. The van der Waals surface area contributed by atoms with Crippen molar-refractivity contribution in [3.8, 4) is 5.75 Å². The number of nitrogens with one attached hydrogen (secondary N) is 2. The van der Waals surface area contributed by atoms with E-state index < -0.39 is 11.7 Å². The maximum atomic E-state index is 13.0. The van der Waals surface area contributed by atoms with E-state index in [2.05, 4.69) is 15.6 Å². The van der Waals surface area contributed by atoms with Crippen LogP contribution >= 0.6 is 0 Å². The highest BCUT2D eigenvalue weighted by atomic mass is 19.1.